The molecule has 0 fully saturated rings. The molecule has 0 spiro atoms. The van der Waals surface area contributed by atoms with Crippen LogP contribution in [0.5, 0.6) is 0 Å². The number of anilines is 2. The molecule has 0 unspecified atom stereocenters. The second kappa shape index (κ2) is 8.86. The summed E-state index contributed by atoms with van der Waals surface area (Å²) in [6.45, 7) is 4.30. The Kier molecular flexibility index (Phi) is 6.26. The van der Waals surface area contributed by atoms with Gasteiger partial charge in [0.05, 0.1) is 16.8 Å². The second-order valence-electron chi connectivity index (χ2n) is 6.88. The quantitative estimate of drug-likeness (QED) is 0.420. The monoisotopic (exact) mass is 415 g/mol. The van der Waals surface area contributed by atoms with Crippen molar-refractivity contribution in [2.75, 3.05) is 11.9 Å². The van der Waals surface area contributed by atoms with Crippen molar-refractivity contribution in [2.24, 2.45) is 0 Å². The topological polar surface area (TPSA) is 78.0 Å². The number of hydrogen-bond acceptors (Lipinski definition) is 6. The van der Waals surface area contributed by atoms with Gasteiger partial charge in [-0.1, -0.05) is 12.1 Å². The molecule has 0 amide bonds. The van der Waals surface area contributed by atoms with E-state index in [0.29, 0.717) is 35.8 Å². The fourth-order valence-electron chi connectivity index (χ4n) is 2.78. The van der Waals surface area contributed by atoms with Crippen LogP contribution in [-0.2, 0) is 12.6 Å². The number of benzene rings is 2. The molecule has 0 atom stereocenters. The first-order valence-corrected chi connectivity index (χ1v) is 9.30. The molecular weight excluding hydrogens is 395 g/mol. The van der Waals surface area contributed by atoms with Crippen LogP contribution < -0.4 is 5.32 Å². The minimum Gasteiger partial charge on any atom is -0.421 e. The van der Waals surface area contributed by atoms with Crippen LogP contribution in [0.4, 0.5) is 24.5 Å². The van der Waals surface area contributed by atoms with Crippen LogP contribution >= 0.6 is 0 Å². The van der Waals surface area contributed by atoms with Crippen LogP contribution in [0.15, 0.2) is 52.9 Å². The van der Waals surface area contributed by atoms with Gasteiger partial charge in [0, 0.05) is 24.7 Å². The van der Waals surface area contributed by atoms with E-state index in [2.05, 4.69) is 21.7 Å². The van der Waals surface area contributed by atoms with Gasteiger partial charge in [0.25, 0.3) is 0 Å². The van der Waals surface area contributed by atoms with Gasteiger partial charge >= 0.3 is 6.18 Å². The fourth-order valence-corrected chi connectivity index (χ4v) is 2.78. The minimum absolute atomic E-state index is 0.0750. The van der Waals surface area contributed by atoms with Crippen LogP contribution in [-0.4, -0.2) is 27.7 Å². The predicted molar refractivity (Wildman–Crippen MR) is 106 cm³/mol. The maximum Gasteiger partial charge on any atom is 0.416 e. The van der Waals surface area contributed by atoms with Crippen molar-refractivity contribution < 1.29 is 17.6 Å². The highest BCUT2D eigenvalue weighted by Crippen LogP contribution is 2.32. The zero-order valence-corrected chi connectivity index (χ0v) is 16.4. The predicted octanol–water partition coefficient (Wildman–Crippen LogP) is 5.23. The second-order valence-corrected chi connectivity index (χ2v) is 6.88. The number of halogens is 3. The van der Waals surface area contributed by atoms with E-state index in [1.807, 2.05) is 13.8 Å². The van der Waals surface area contributed by atoms with Gasteiger partial charge in [-0.15, -0.1) is 10.2 Å². The molecule has 0 bridgehead atoms. The first kappa shape index (κ1) is 21.2. The highest BCUT2D eigenvalue weighted by atomic mass is 19.4. The molecule has 3 rings (SSSR count). The van der Waals surface area contributed by atoms with E-state index in [1.165, 1.54) is 12.1 Å². The van der Waals surface area contributed by atoms with Crippen LogP contribution in [0, 0.1) is 11.5 Å². The van der Waals surface area contributed by atoms with E-state index < -0.39 is 11.7 Å². The Labute approximate surface area is 172 Å². The maximum atomic E-state index is 12.7. The number of aromatic nitrogens is 2. The number of hydrogen-bond donors (Lipinski definition) is 1. The molecule has 156 valence electrons. The molecule has 0 aliphatic carbocycles. The van der Waals surface area contributed by atoms with Crippen molar-refractivity contribution in [1.82, 2.24) is 15.1 Å². The van der Waals surface area contributed by atoms with Crippen LogP contribution in [0.25, 0.3) is 11.5 Å². The fraction of sp³-hybridized carbons (Fsp3) is 0.286. The molecule has 0 aliphatic rings. The number of rotatable bonds is 7. The summed E-state index contributed by atoms with van der Waals surface area (Å²) in [5, 5.41) is 20.3. The first-order valence-electron chi connectivity index (χ1n) is 9.30. The van der Waals surface area contributed by atoms with Crippen molar-refractivity contribution in [2.45, 2.75) is 32.5 Å². The molecule has 6 nitrogen and oxygen atoms in total. The summed E-state index contributed by atoms with van der Waals surface area (Å²) in [6.07, 6.45) is -1.83. The highest BCUT2D eigenvalue weighted by Gasteiger charge is 2.30. The van der Waals surface area contributed by atoms with Gasteiger partial charge in [0.1, 0.15) is 0 Å². The lowest BCUT2D eigenvalue weighted by Gasteiger charge is -2.18. The zero-order valence-electron chi connectivity index (χ0n) is 16.4. The molecule has 1 N–H and O–H groups in total. The summed E-state index contributed by atoms with van der Waals surface area (Å²) >= 11 is 0. The number of para-hydroxylation sites is 1. The average molecular weight is 415 g/mol. The van der Waals surface area contributed by atoms with E-state index in [4.69, 9.17) is 9.68 Å². The van der Waals surface area contributed by atoms with Gasteiger partial charge in [-0.2, -0.15) is 18.4 Å². The van der Waals surface area contributed by atoms with Crippen LogP contribution in [0.3, 0.4) is 0 Å². The largest absolute Gasteiger partial charge is 0.421 e. The van der Waals surface area contributed by atoms with E-state index in [0.717, 1.165) is 12.1 Å². The van der Waals surface area contributed by atoms with Gasteiger partial charge in [-0.25, -0.2) is 0 Å². The standard InChI is InChI=1S/C21H20F3N5O/c1-14(2)29(13-25)12-11-19-27-28-20(30-19)17-5-3-4-6-18(17)26-16-9-7-15(8-10-16)21(22,23)24/h3-10,14,26H,11-12H2,1-2H3. The third-order valence-electron chi connectivity index (χ3n) is 4.43. The summed E-state index contributed by atoms with van der Waals surface area (Å²) < 4.78 is 44.0. The Morgan fingerprint density at radius 2 is 1.80 bits per heavy atom. The van der Waals surface area contributed by atoms with Crippen molar-refractivity contribution >= 4 is 11.4 Å². The Morgan fingerprint density at radius 3 is 2.43 bits per heavy atom. The van der Waals surface area contributed by atoms with Crippen LogP contribution in [0.2, 0.25) is 0 Å². The van der Waals surface area contributed by atoms with E-state index in [-0.39, 0.29) is 11.9 Å². The number of nitrogens with zero attached hydrogens (tertiary/aromatic N) is 4. The summed E-state index contributed by atoms with van der Waals surface area (Å²) in [5.74, 6) is 0.684. The highest BCUT2D eigenvalue weighted by molar-refractivity contribution is 5.76. The molecular formula is C21H20F3N5O. The third-order valence-corrected chi connectivity index (χ3v) is 4.43. The summed E-state index contributed by atoms with van der Waals surface area (Å²) in [6, 6.07) is 12.0. The van der Waals surface area contributed by atoms with Crippen molar-refractivity contribution in [1.29, 1.82) is 5.26 Å². The first-order chi connectivity index (χ1) is 14.3. The van der Waals surface area contributed by atoms with Crippen molar-refractivity contribution in [3.63, 3.8) is 0 Å². The molecule has 3 aromatic rings. The van der Waals surface area contributed by atoms with Gasteiger partial charge in [0.2, 0.25) is 11.8 Å². The lowest BCUT2D eigenvalue weighted by atomic mass is 10.1. The molecule has 2 aromatic carbocycles. The minimum atomic E-state index is -4.38. The van der Waals surface area contributed by atoms with Crippen molar-refractivity contribution in [3.8, 4) is 17.6 Å². The lowest BCUT2D eigenvalue weighted by molar-refractivity contribution is -0.137. The Balaban J connectivity index is 1.76. The molecule has 1 heterocycles. The summed E-state index contributed by atoms with van der Waals surface area (Å²) in [4.78, 5) is 1.62. The number of nitrogens with one attached hydrogen (secondary N) is 1. The smallest absolute Gasteiger partial charge is 0.416 e. The summed E-state index contributed by atoms with van der Waals surface area (Å²) in [5.41, 5.74) is 1.03. The SMILES string of the molecule is CC(C)N(C#N)CCc1nnc(-c2ccccc2Nc2ccc(C(F)(F)F)cc2)o1. The zero-order chi connectivity index (χ0) is 21.7. The van der Waals surface area contributed by atoms with Gasteiger partial charge < -0.3 is 14.6 Å². The van der Waals surface area contributed by atoms with E-state index in [1.54, 1.807) is 29.2 Å². The van der Waals surface area contributed by atoms with Gasteiger partial charge in [-0.05, 0) is 50.2 Å². The number of alkyl halides is 3. The lowest BCUT2D eigenvalue weighted by Crippen LogP contribution is -2.27. The Hall–Kier alpha value is -3.54. The molecule has 1 aromatic heterocycles. The van der Waals surface area contributed by atoms with Gasteiger partial charge in [-0.3, -0.25) is 0 Å². The molecule has 9 heteroatoms. The van der Waals surface area contributed by atoms with E-state index >= 15 is 0 Å². The number of nitriles is 1. The maximum absolute atomic E-state index is 12.7. The third kappa shape index (κ3) is 5.08. The normalized spacial score (nSPS) is 11.4. The van der Waals surface area contributed by atoms with Gasteiger partial charge in [0.15, 0.2) is 6.19 Å². The summed E-state index contributed by atoms with van der Waals surface area (Å²) in [7, 11) is 0. The van der Waals surface area contributed by atoms with E-state index in [9.17, 15) is 13.2 Å². The average Bonchev–Trinajstić information content (AvgIpc) is 3.17. The molecule has 0 saturated heterocycles. The molecule has 0 saturated carbocycles. The Morgan fingerprint density at radius 1 is 1.10 bits per heavy atom. The van der Waals surface area contributed by atoms with Crippen molar-refractivity contribution in [3.05, 3.63) is 60.0 Å². The molecule has 0 radical (unpaired) electrons. The Bertz CT molecular complexity index is 1020. The van der Waals surface area contributed by atoms with Crippen LogP contribution in [0.1, 0.15) is 25.3 Å². The molecule has 30 heavy (non-hydrogen) atoms. The molecule has 0 aliphatic heterocycles.